The summed E-state index contributed by atoms with van der Waals surface area (Å²) >= 11 is 0. The molecule has 0 bridgehead atoms. The molecule has 1 aromatic heterocycles. The van der Waals surface area contributed by atoms with Crippen molar-refractivity contribution in [1.82, 2.24) is 4.98 Å². The molecule has 1 aliphatic rings. The fourth-order valence-electron chi connectivity index (χ4n) is 2.96. The van der Waals surface area contributed by atoms with Crippen LogP contribution in [0.15, 0.2) is 30.5 Å². The fourth-order valence-corrected chi connectivity index (χ4v) is 2.96. The number of aliphatic hydroxyl groups is 1. The van der Waals surface area contributed by atoms with Crippen LogP contribution in [0.4, 0.5) is 5.69 Å². The van der Waals surface area contributed by atoms with Crippen LogP contribution in [0.1, 0.15) is 18.4 Å². The Morgan fingerprint density at radius 3 is 2.95 bits per heavy atom. The van der Waals surface area contributed by atoms with Gasteiger partial charge < -0.3 is 15.2 Å². The van der Waals surface area contributed by atoms with Crippen LogP contribution in [-0.2, 0) is 4.74 Å². The van der Waals surface area contributed by atoms with Crippen LogP contribution in [0.5, 0.6) is 0 Å². The van der Waals surface area contributed by atoms with Crippen LogP contribution in [0, 0.1) is 12.8 Å². The van der Waals surface area contributed by atoms with Crippen molar-refractivity contribution in [2.75, 3.05) is 25.1 Å². The van der Waals surface area contributed by atoms with E-state index in [4.69, 9.17) is 4.74 Å². The monoisotopic (exact) mass is 286 g/mol. The molecule has 112 valence electrons. The largest absolute Gasteiger partial charge is 0.391 e. The van der Waals surface area contributed by atoms with Gasteiger partial charge in [-0.3, -0.25) is 4.98 Å². The standard InChI is InChI=1S/C17H22N2O2/c1-12-3-2-4-14-15(5-8-18-17(12)14)19-11-16(20)13-6-9-21-10-7-13/h2-5,8,13,16,20H,6-7,9-11H2,1H3,(H,18,19). The lowest BCUT2D eigenvalue weighted by molar-refractivity contribution is 0.0131. The third-order valence-electron chi connectivity index (χ3n) is 4.28. The first-order valence-electron chi connectivity index (χ1n) is 7.60. The summed E-state index contributed by atoms with van der Waals surface area (Å²) in [6.07, 6.45) is 3.37. The molecule has 1 aliphatic heterocycles. The van der Waals surface area contributed by atoms with Crippen LogP contribution in [-0.4, -0.2) is 36.0 Å². The van der Waals surface area contributed by atoms with Crippen LogP contribution in [0.3, 0.4) is 0 Å². The minimum absolute atomic E-state index is 0.332. The number of nitrogens with zero attached hydrogens (tertiary/aromatic N) is 1. The number of anilines is 1. The Morgan fingerprint density at radius 2 is 2.14 bits per heavy atom. The zero-order valence-corrected chi connectivity index (χ0v) is 12.4. The van der Waals surface area contributed by atoms with E-state index in [1.807, 2.05) is 18.3 Å². The summed E-state index contributed by atoms with van der Waals surface area (Å²) in [6.45, 7) is 4.16. The normalized spacial score (nSPS) is 17.8. The molecule has 2 N–H and O–H groups in total. The summed E-state index contributed by atoms with van der Waals surface area (Å²) in [4.78, 5) is 4.44. The number of aryl methyl sites for hydroxylation is 1. The quantitative estimate of drug-likeness (QED) is 0.907. The second-order valence-corrected chi connectivity index (χ2v) is 5.73. The predicted octanol–water partition coefficient (Wildman–Crippen LogP) is 2.74. The van der Waals surface area contributed by atoms with Gasteiger partial charge in [-0.25, -0.2) is 0 Å². The smallest absolute Gasteiger partial charge is 0.0751 e. The number of aromatic nitrogens is 1. The molecule has 21 heavy (non-hydrogen) atoms. The van der Waals surface area contributed by atoms with Crippen molar-refractivity contribution in [1.29, 1.82) is 0 Å². The van der Waals surface area contributed by atoms with Gasteiger partial charge in [-0.05, 0) is 37.3 Å². The number of rotatable bonds is 4. The maximum absolute atomic E-state index is 10.3. The van der Waals surface area contributed by atoms with Crippen molar-refractivity contribution in [2.24, 2.45) is 5.92 Å². The van der Waals surface area contributed by atoms with E-state index in [0.29, 0.717) is 12.5 Å². The Labute approximate surface area is 125 Å². The van der Waals surface area contributed by atoms with E-state index >= 15 is 0 Å². The Morgan fingerprint density at radius 1 is 1.33 bits per heavy atom. The molecule has 1 saturated heterocycles. The lowest BCUT2D eigenvalue weighted by Crippen LogP contribution is -2.32. The topological polar surface area (TPSA) is 54.4 Å². The highest BCUT2D eigenvalue weighted by molar-refractivity contribution is 5.92. The molecule has 1 fully saturated rings. The summed E-state index contributed by atoms with van der Waals surface area (Å²) in [5.41, 5.74) is 3.22. The van der Waals surface area contributed by atoms with Crippen molar-refractivity contribution < 1.29 is 9.84 Å². The van der Waals surface area contributed by atoms with E-state index in [9.17, 15) is 5.11 Å². The predicted molar refractivity (Wildman–Crippen MR) is 84.5 cm³/mol. The summed E-state index contributed by atoms with van der Waals surface area (Å²) in [6, 6.07) is 8.15. The number of aliphatic hydroxyl groups excluding tert-OH is 1. The number of hydrogen-bond acceptors (Lipinski definition) is 4. The second kappa shape index (κ2) is 6.41. The molecule has 0 amide bonds. The Hall–Kier alpha value is -1.65. The first-order valence-corrected chi connectivity index (χ1v) is 7.60. The van der Waals surface area contributed by atoms with E-state index in [-0.39, 0.29) is 6.10 Å². The van der Waals surface area contributed by atoms with Gasteiger partial charge in [0.2, 0.25) is 0 Å². The van der Waals surface area contributed by atoms with E-state index in [2.05, 4.69) is 29.4 Å². The number of nitrogens with one attached hydrogen (secondary N) is 1. The maximum Gasteiger partial charge on any atom is 0.0751 e. The van der Waals surface area contributed by atoms with Gasteiger partial charge in [0, 0.05) is 37.0 Å². The Kier molecular flexibility index (Phi) is 4.36. The van der Waals surface area contributed by atoms with Gasteiger partial charge >= 0.3 is 0 Å². The lowest BCUT2D eigenvalue weighted by Gasteiger charge is -2.27. The number of fused-ring (bicyclic) bond motifs is 1. The first kappa shape index (κ1) is 14.3. The molecule has 0 saturated carbocycles. The highest BCUT2D eigenvalue weighted by atomic mass is 16.5. The minimum Gasteiger partial charge on any atom is -0.391 e. The third kappa shape index (κ3) is 3.17. The average Bonchev–Trinajstić information content (AvgIpc) is 2.54. The molecular weight excluding hydrogens is 264 g/mol. The molecule has 0 aliphatic carbocycles. The molecule has 1 aromatic carbocycles. The molecule has 2 aromatic rings. The van der Waals surface area contributed by atoms with Crippen LogP contribution >= 0.6 is 0 Å². The summed E-state index contributed by atoms with van der Waals surface area (Å²) in [5, 5.41) is 14.8. The lowest BCUT2D eigenvalue weighted by atomic mass is 9.94. The van der Waals surface area contributed by atoms with Gasteiger partial charge in [-0.2, -0.15) is 0 Å². The third-order valence-corrected chi connectivity index (χ3v) is 4.28. The van der Waals surface area contributed by atoms with Gasteiger partial charge in [0.1, 0.15) is 0 Å². The summed E-state index contributed by atoms with van der Waals surface area (Å²) in [5.74, 6) is 0.334. The maximum atomic E-state index is 10.3. The zero-order chi connectivity index (χ0) is 14.7. The molecule has 1 atom stereocenters. The van der Waals surface area contributed by atoms with Crippen molar-refractivity contribution in [3.63, 3.8) is 0 Å². The van der Waals surface area contributed by atoms with Gasteiger partial charge in [0.05, 0.1) is 11.6 Å². The van der Waals surface area contributed by atoms with Gasteiger partial charge in [0.15, 0.2) is 0 Å². The SMILES string of the molecule is Cc1cccc2c(NCC(O)C3CCOCC3)ccnc12. The van der Waals surface area contributed by atoms with E-state index in [1.165, 1.54) is 5.56 Å². The highest BCUT2D eigenvalue weighted by Gasteiger charge is 2.21. The summed E-state index contributed by atoms with van der Waals surface area (Å²) < 4.78 is 5.34. The number of ether oxygens (including phenoxy) is 1. The molecule has 2 heterocycles. The zero-order valence-electron chi connectivity index (χ0n) is 12.4. The molecule has 0 radical (unpaired) electrons. The molecule has 3 rings (SSSR count). The van der Waals surface area contributed by atoms with E-state index < -0.39 is 0 Å². The Balaban J connectivity index is 1.71. The van der Waals surface area contributed by atoms with Crippen molar-refractivity contribution in [3.8, 4) is 0 Å². The van der Waals surface area contributed by atoms with Crippen molar-refractivity contribution in [2.45, 2.75) is 25.9 Å². The molecule has 1 unspecified atom stereocenters. The van der Waals surface area contributed by atoms with Gasteiger partial charge in [-0.1, -0.05) is 18.2 Å². The van der Waals surface area contributed by atoms with Crippen molar-refractivity contribution in [3.05, 3.63) is 36.0 Å². The second-order valence-electron chi connectivity index (χ2n) is 5.73. The van der Waals surface area contributed by atoms with Crippen LogP contribution in [0.2, 0.25) is 0 Å². The molecule has 0 spiro atoms. The van der Waals surface area contributed by atoms with Gasteiger partial charge in [-0.15, -0.1) is 0 Å². The van der Waals surface area contributed by atoms with E-state index in [0.717, 1.165) is 42.6 Å². The summed E-state index contributed by atoms with van der Waals surface area (Å²) in [7, 11) is 0. The number of pyridine rings is 1. The van der Waals surface area contributed by atoms with Crippen LogP contribution in [0.25, 0.3) is 10.9 Å². The molecule has 4 nitrogen and oxygen atoms in total. The Bertz CT molecular complexity index is 609. The van der Waals surface area contributed by atoms with Gasteiger partial charge in [0.25, 0.3) is 0 Å². The fraction of sp³-hybridized carbons (Fsp3) is 0.471. The average molecular weight is 286 g/mol. The number of para-hydroxylation sites is 1. The number of hydrogen-bond donors (Lipinski definition) is 2. The highest BCUT2D eigenvalue weighted by Crippen LogP contribution is 2.25. The minimum atomic E-state index is -0.332. The number of benzene rings is 1. The van der Waals surface area contributed by atoms with Crippen molar-refractivity contribution >= 4 is 16.6 Å². The van der Waals surface area contributed by atoms with E-state index in [1.54, 1.807) is 0 Å². The first-order chi connectivity index (χ1) is 10.3. The molecular formula is C17H22N2O2. The van der Waals surface area contributed by atoms with Crippen LogP contribution < -0.4 is 5.32 Å². The molecule has 4 heteroatoms.